The van der Waals surface area contributed by atoms with Gasteiger partial charge in [0.15, 0.2) is 0 Å². The van der Waals surface area contributed by atoms with Crippen molar-refractivity contribution in [3.8, 4) is 5.75 Å². The van der Waals surface area contributed by atoms with E-state index in [1.54, 1.807) is 7.11 Å². The molecular formula is C16H26NO+. The topological polar surface area (TPSA) is 25.8 Å². The van der Waals surface area contributed by atoms with Crippen molar-refractivity contribution in [2.75, 3.05) is 7.11 Å². The van der Waals surface area contributed by atoms with Crippen molar-refractivity contribution in [2.45, 2.75) is 51.6 Å². The van der Waals surface area contributed by atoms with Crippen LogP contribution in [0.5, 0.6) is 5.75 Å². The van der Waals surface area contributed by atoms with Gasteiger partial charge >= 0.3 is 0 Å². The molecule has 0 spiro atoms. The Morgan fingerprint density at radius 3 is 2.33 bits per heavy atom. The molecule has 1 saturated carbocycles. The third-order valence-electron chi connectivity index (χ3n) is 4.31. The third kappa shape index (κ3) is 3.74. The number of nitrogens with two attached hydrogens (primary N) is 1. The van der Waals surface area contributed by atoms with Gasteiger partial charge in [0.2, 0.25) is 0 Å². The zero-order valence-corrected chi connectivity index (χ0v) is 11.7. The van der Waals surface area contributed by atoms with Crippen LogP contribution in [0.15, 0.2) is 24.3 Å². The first-order valence-electron chi connectivity index (χ1n) is 7.28. The lowest BCUT2D eigenvalue weighted by Gasteiger charge is -2.26. The van der Waals surface area contributed by atoms with E-state index in [-0.39, 0.29) is 0 Å². The average Bonchev–Trinajstić information content (AvgIpc) is 2.46. The number of benzene rings is 1. The van der Waals surface area contributed by atoms with E-state index in [1.807, 2.05) is 0 Å². The van der Waals surface area contributed by atoms with Gasteiger partial charge in [0, 0.05) is 5.56 Å². The number of hydrogen-bond donors (Lipinski definition) is 1. The summed E-state index contributed by atoms with van der Waals surface area (Å²) in [5.41, 5.74) is 1.40. The van der Waals surface area contributed by atoms with Gasteiger partial charge < -0.3 is 10.1 Å². The average molecular weight is 248 g/mol. The summed E-state index contributed by atoms with van der Waals surface area (Å²) < 4.78 is 5.18. The minimum absolute atomic E-state index is 0.843. The second kappa shape index (κ2) is 6.79. The highest BCUT2D eigenvalue weighted by Gasteiger charge is 2.21. The monoisotopic (exact) mass is 248 g/mol. The minimum Gasteiger partial charge on any atom is -0.497 e. The van der Waals surface area contributed by atoms with Crippen molar-refractivity contribution in [3.05, 3.63) is 29.8 Å². The van der Waals surface area contributed by atoms with E-state index in [9.17, 15) is 0 Å². The van der Waals surface area contributed by atoms with Gasteiger partial charge in [0.05, 0.1) is 13.2 Å². The molecule has 1 fully saturated rings. The quantitative estimate of drug-likeness (QED) is 0.852. The molecular weight excluding hydrogens is 222 g/mol. The lowest BCUT2D eigenvalue weighted by Crippen LogP contribution is -2.88. The summed E-state index contributed by atoms with van der Waals surface area (Å²) in [5.74, 6) is 1.94. The highest BCUT2D eigenvalue weighted by atomic mass is 16.5. The fourth-order valence-electron chi connectivity index (χ4n) is 2.90. The molecule has 2 nitrogen and oxygen atoms in total. The van der Waals surface area contributed by atoms with Crippen LogP contribution in [0.3, 0.4) is 0 Å². The van der Waals surface area contributed by atoms with Crippen LogP contribution in [-0.4, -0.2) is 13.2 Å². The molecule has 0 atom stereocenters. The lowest BCUT2D eigenvalue weighted by molar-refractivity contribution is -0.707. The zero-order chi connectivity index (χ0) is 12.8. The van der Waals surface area contributed by atoms with Crippen LogP contribution in [0.1, 0.15) is 44.6 Å². The molecule has 0 amide bonds. The Bertz CT molecular complexity index is 339. The van der Waals surface area contributed by atoms with Gasteiger partial charge in [0.25, 0.3) is 0 Å². The molecule has 0 unspecified atom stereocenters. The fourth-order valence-corrected chi connectivity index (χ4v) is 2.90. The summed E-state index contributed by atoms with van der Waals surface area (Å²) in [6, 6.07) is 9.30. The summed E-state index contributed by atoms with van der Waals surface area (Å²) in [4.78, 5) is 0. The highest BCUT2D eigenvalue weighted by molar-refractivity contribution is 5.26. The highest BCUT2D eigenvalue weighted by Crippen LogP contribution is 2.24. The molecule has 1 aromatic rings. The molecule has 2 N–H and O–H groups in total. The first kappa shape index (κ1) is 13.4. The number of methoxy groups -OCH3 is 1. The Morgan fingerprint density at radius 1 is 1.11 bits per heavy atom. The predicted molar refractivity (Wildman–Crippen MR) is 74.7 cm³/mol. The summed E-state index contributed by atoms with van der Waals surface area (Å²) in [6.07, 6.45) is 7.02. The molecule has 100 valence electrons. The van der Waals surface area contributed by atoms with Gasteiger partial charge in [-0.15, -0.1) is 0 Å². The Morgan fingerprint density at radius 2 is 1.78 bits per heavy atom. The largest absolute Gasteiger partial charge is 0.497 e. The molecule has 18 heavy (non-hydrogen) atoms. The third-order valence-corrected chi connectivity index (χ3v) is 4.31. The fraction of sp³-hybridized carbons (Fsp3) is 0.625. The standard InChI is InChI=1S/C16H25NO/c1-3-13-4-8-15(9-5-13)17-12-14-6-10-16(18-2)11-7-14/h6-7,10-11,13,15,17H,3-5,8-9,12H2,1-2H3/p+1. The number of quaternary nitrogens is 1. The first-order valence-corrected chi connectivity index (χ1v) is 7.28. The van der Waals surface area contributed by atoms with E-state index in [4.69, 9.17) is 4.74 Å². The molecule has 2 heteroatoms. The maximum absolute atomic E-state index is 5.18. The molecule has 1 aliphatic rings. The second-order valence-corrected chi connectivity index (χ2v) is 5.48. The second-order valence-electron chi connectivity index (χ2n) is 5.48. The van der Waals surface area contributed by atoms with Gasteiger partial charge in [-0.2, -0.15) is 0 Å². The van der Waals surface area contributed by atoms with Crippen LogP contribution in [0, 0.1) is 5.92 Å². The van der Waals surface area contributed by atoms with E-state index in [2.05, 4.69) is 36.5 Å². The van der Waals surface area contributed by atoms with E-state index < -0.39 is 0 Å². The summed E-state index contributed by atoms with van der Waals surface area (Å²) >= 11 is 0. The molecule has 0 aromatic heterocycles. The van der Waals surface area contributed by atoms with Crippen molar-refractivity contribution in [3.63, 3.8) is 0 Å². The Labute approximate surface area is 111 Å². The van der Waals surface area contributed by atoms with Crippen molar-refractivity contribution in [1.29, 1.82) is 0 Å². The first-order chi connectivity index (χ1) is 8.81. The molecule has 1 aromatic carbocycles. The molecule has 0 heterocycles. The van der Waals surface area contributed by atoms with Crippen molar-refractivity contribution in [2.24, 2.45) is 5.92 Å². The number of rotatable bonds is 5. The van der Waals surface area contributed by atoms with E-state index in [0.717, 1.165) is 24.3 Å². The SMILES string of the molecule is CCC1CCC([NH2+]Cc2ccc(OC)cc2)CC1. The lowest BCUT2D eigenvalue weighted by atomic mass is 9.84. The van der Waals surface area contributed by atoms with E-state index in [0.29, 0.717) is 0 Å². The van der Waals surface area contributed by atoms with Crippen LogP contribution >= 0.6 is 0 Å². The van der Waals surface area contributed by atoms with Crippen LogP contribution in [0.2, 0.25) is 0 Å². The maximum atomic E-state index is 5.18. The van der Waals surface area contributed by atoms with Gasteiger partial charge in [0.1, 0.15) is 12.3 Å². The van der Waals surface area contributed by atoms with Crippen molar-refractivity contribution >= 4 is 0 Å². The molecule has 2 rings (SSSR count). The molecule has 0 radical (unpaired) electrons. The Balaban J connectivity index is 1.74. The Hall–Kier alpha value is -1.02. The van der Waals surface area contributed by atoms with Gasteiger partial charge in [-0.25, -0.2) is 0 Å². The van der Waals surface area contributed by atoms with Crippen LogP contribution in [0.4, 0.5) is 0 Å². The van der Waals surface area contributed by atoms with Gasteiger partial charge in [-0.1, -0.05) is 13.3 Å². The number of ether oxygens (including phenoxy) is 1. The summed E-state index contributed by atoms with van der Waals surface area (Å²) in [5, 5.41) is 2.52. The van der Waals surface area contributed by atoms with Gasteiger partial charge in [-0.3, -0.25) is 0 Å². The van der Waals surface area contributed by atoms with Crippen LogP contribution < -0.4 is 10.1 Å². The van der Waals surface area contributed by atoms with Crippen molar-refractivity contribution in [1.82, 2.24) is 0 Å². The summed E-state index contributed by atoms with van der Waals surface area (Å²) in [7, 11) is 1.72. The Kier molecular flexibility index (Phi) is 5.06. The number of hydrogen-bond acceptors (Lipinski definition) is 1. The summed E-state index contributed by atoms with van der Waals surface area (Å²) in [6.45, 7) is 3.43. The van der Waals surface area contributed by atoms with Crippen molar-refractivity contribution < 1.29 is 10.1 Å². The zero-order valence-electron chi connectivity index (χ0n) is 11.7. The smallest absolute Gasteiger partial charge is 0.118 e. The molecule has 0 bridgehead atoms. The molecule has 1 aliphatic carbocycles. The van der Waals surface area contributed by atoms with E-state index in [1.165, 1.54) is 37.7 Å². The van der Waals surface area contributed by atoms with Crippen LogP contribution in [-0.2, 0) is 6.54 Å². The van der Waals surface area contributed by atoms with E-state index >= 15 is 0 Å². The minimum atomic E-state index is 0.843. The van der Waals surface area contributed by atoms with Crippen LogP contribution in [0.25, 0.3) is 0 Å². The normalized spacial score (nSPS) is 23.9. The molecule has 0 aliphatic heterocycles. The van der Waals surface area contributed by atoms with Gasteiger partial charge in [-0.05, 0) is 55.9 Å². The molecule has 0 saturated heterocycles. The predicted octanol–water partition coefficient (Wildman–Crippen LogP) is 2.73. The maximum Gasteiger partial charge on any atom is 0.118 e.